The largest absolute Gasteiger partial charge is 0.475 e. The quantitative estimate of drug-likeness (QED) is 0.651. The number of aliphatic carboxylic acids is 1. The summed E-state index contributed by atoms with van der Waals surface area (Å²) in [5.74, 6) is -2.33. The Kier molecular flexibility index (Phi) is 3.46. The summed E-state index contributed by atoms with van der Waals surface area (Å²) < 4.78 is 0. The number of fused-ring (bicyclic) bond motifs is 1. The van der Waals surface area contributed by atoms with E-state index in [1.165, 1.54) is 11.3 Å². The standard InChI is InChI=1S/C14H15NO3/c1-15-8-2-3-11-9-10(4-6-12(11)15)5-7-13(16)14(17)18/h4-7,9H,2-3,8H2,1H3,(H,17,18)/b7-5+. The Morgan fingerprint density at radius 2 is 2.17 bits per heavy atom. The van der Waals surface area contributed by atoms with Gasteiger partial charge in [0.1, 0.15) is 0 Å². The van der Waals surface area contributed by atoms with Crippen molar-refractivity contribution >= 4 is 23.5 Å². The average molecular weight is 245 g/mol. The second kappa shape index (κ2) is 5.04. The molecule has 1 heterocycles. The first-order valence-corrected chi connectivity index (χ1v) is 5.87. The van der Waals surface area contributed by atoms with Gasteiger partial charge < -0.3 is 10.0 Å². The SMILES string of the molecule is CN1CCCc2cc(/C=C/C(=O)C(=O)O)ccc21. The van der Waals surface area contributed by atoms with E-state index in [-0.39, 0.29) is 0 Å². The smallest absolute Gasteiger partial charge is 0.376 e. The highest BCUT2D eigenvalue weighted by Crippen LogP contribution is 2.27. The molecule has 1 aromatic rings. The predicted octanol–water partition coefficient (Wildman–Crippen LogP) is 1.74. The Hall–Kier alpha value is -2.10. The van der Waals surface area contributed by atoms with Crippen LogP contribution in [0.1, 0.15) is 17.5 Å². The second-order valence-corrected chi connectivity index (χ2v) is 4.42. The Morgan fingerprint density at radius 1 is 1.39 bits per heavy atom. The van der Waals surface area contributed by atoms with E-state index in [1.807, 2.05) is 18.2 Å². The molecular weight excluding hydrogens is 230 g/mol. The third-order valence-corrected chi connectivity index (χ3v) is 3.09. The van der Waals surface area contributed by atoms with Crippen molar-refractivity contribution in [1.29, 1.82) is 0 Å². The monoisotopic (exact) mass is 245 g/mol. The van der Waals surface area contributed by atoms with Crippen molar-refractivity contribution in [3.63, 3.8) is 0 Å². The third-order valence-electron chi connectivity index (χ3n) is 3.09. The van der Waals surface area contributed by atoms with Crippen molar-refractivity contribution in [3.05, 3.63) is 35.4 Å². The molecule has 1 N–H and O–H groups in total. The van der Waals surface area contributed by atoms with E-state index < -0.39 is 11.8 Å². The molecule has 18 heavy (non-hydrogen) atoms. The minimum atomic E-state index is -1.43. The van der Waals surface area contributed by atoms with Crippen LogP contribution in [0.25, 0.3) is 6.08 Å². The van der Waals surface area contributed by atoms with Crippen LogP contribution >= 0.6 is 0 Å². The third kappa shape index (κ3) is 2.59. The molecule has 0 radical (unpaired) electrons. The fourth-order valence-electron chi connectivity index (χ4n) is 2.15. The zero-order valence-corrected chi connectivity index (χ0v) is 10.2. The minimum Gasteiger partial charge on any atom is -0.475 e. The lowest BCUT2D eigenvalue weighted by Crippen LogP contribution is -2.24. The van der Waals surface area contributed by atoms with Gasteiger partial charge in [-0.05, 0) is 42.2 Å². The zero-order valence-electron chi connectivity index (χ0n) is 10.2. The van der Waals surface area contributed by atoms with Gasteiger partial charge in [-0.3, -0.25) is 4.79 Å². The first-order valence-electron chi connectivity index (χ1n) is 5.87. The van der Waals surface area contributed by atoms with Gasteiger partial charge in [0.25, 0.3) is 5.78 Å². The van der Waals surface area contributed by atoms with Crippen LogP contribution in [-0.2, 0) is 16.0 Å². The van der Waals surface area contributed by atoms with Crippen molar-refractivity contribution in [3.8, 4) is 0 Å². The maximum Gasteiger partial charge on any atom is 0.376 e. The van der Waals surface area contributed by atoms with Gasteiger partial charge in [-0.25, -0.2) is 4.79 Å². The van der Waals surface area contributed by atoms with Crippen molar-refractivity contribution in [2.75, 3.05) is 18.5 Å². The summed E-state index contributed by atoms with van der Waals surface area (Å²) in [4.78, 5) is 23.6. The minimum absolute atomic E-state index is 0.860. The van der Waals surface area contributed by atoms with Crippen LogP contribution in [-0.4, -0.2) is 30.5 Å². The molecule has 0 saturated carbocycles. The number of carbonyl (C=O) groups excluding carboxylic acids is 1. The number of carboxylic acids is 1. The number of hydrogen-bond acceptors (Lipinski definition) is 3. The summed E-state index contributed by atoms with van der Waals surface area (Å²) in [7, 11) is 2.06. The van der Waals surface area contributed by atoms with Crippen molar-refractivity contribution < 1.29 is 14.7 Å². The van der Waals surface area contributed by atoms with E-state index in [1.54, 1.807) is 6.08 Å². The number of anilines is 1. The zero-order chi connectivity index (χ0) is 13.1. The molecule has 2 rings (SSSR count). The molecule has 1 aliphatic heterocycles. The number of benzene rings is 1. The van der Waals surface area contributed by atoms with E-state index in [0.717, 1.165) is 31.0 Å². The van der Waals surface area contributed by atoms with E-state index in [0.29, 0.717) is 0 Å². The lowest BCUT2D eigenvalue weighted by molar-refractivity contribution is -0.146. The number of ketones is 1. The van der Waals surface area contributed by atoms with E-state index in [4.69, 9.17) is 5.11 Å². The highest BCUT2D eigenvalue weighted by Gasteiger charge is 2.13. The van der Waals surface area contributed by atoms with Gasteiger partial charge in [-0.2, -0.15) is 0 Å². The maximum absolute atomic E-state index is 11.0. The molecule has 1 aliphatic rings. The number of carboxylic acid groups (broad SMARTS) is 1. The van der Waals surface area contributed by atoms with Crippen LogP contribution in [0.4, 0.5) is 5.69 Å². The van der Waals surface area contributed by atoms with Crippen LogP contribution in [0, 0.1) is 0 Å². The van der Waals surface area contributed by atoms with Gasteiger partial charge in [0.2, 0.25) is 0 Å². The van der Waals surface area contributed by atoms with Crippen LogP contribution in [0.3, 0.4) is 0 Å². The number of nitrogens with zero attached hydrogens (tertiary/aromatic N) is 1. The first kappa shape index (κ1) is 12.4. The first-order chi connectivity index (χ1) is 8.58. The predicted molar refractivity (Wildman–Crippen MR) is 69.7 cm³/mol. The molecule has 0 unspecified atom stereocenters. The number of rotatable bonds is 3. The molecular formula is C14H15NO3. The fraction of sp³-hybridized carbons (Fsp3) is 0.286. The Bertz CT molecular complexity index is 520. The second-order valence-electron chi connectivity index (χ2n) is 4.42. The van der Waals surface area contributed by atoms with Gasteiger partial charge in [0.05, 0.1) is 0 Å². The summed E-state index contributed by atoms with van der Waals surface area (Å²) in [5, 5.41) is 8.48. The number of hydrogen-bond donors (Lipinski definition) is 1. The summed E-state index contributed by atoms with van der Waals surface area (Å²) in [6.45, 7) is 1.06. The van der Waals surface area contributed by atoms with Crippen LogP contribution in [0.15, 0.2) is 24.3 Å². The Balaban J connectivity index is 2.21. The molecule has 0 atom stereocenters. The molecule has 0 fully saturated rings. The average Bonchev–Trinajstić information content (AvgIpc) is 2.36. The normalized spacial score (nSPS) is 14.6. The fourth-order valence-corrected chi connectivity index (χ4v) is 2.15. The molecule has 0 spiro atoms. The lowest BCUT2D eigenvalue weighted by atomic mass is 9.99. The number of aryl methyl sites for hydroxylation is 1. The van der Waals surface area contributed by atoms with Crippen LogP contribution < -0.4 is 4.90 Å². The molecule has 94 valence electrons. The lowest BCUT2D eigenvalue weighted by Gasteiger charge is -2.27. The van der Waals surface area contributed by atoms with E-state index in [9.17, 15) is 9.59 Å². The van der Waals surface area contributed by atoms with Gasteiger partial charge in [0, 0.05) is 19.3 Å². The van der Waals surface area contributed by atoms with E-state index in [2.05, 4.69) is 11.9 Å². The highest BCUT2D eigenvalue weighted by atomic mass is 16.4. The molecule has 1 aromatic carbocycles. The van der Waals surface area contributed by atoms with Crippen molar-refractivity contribution in [2.45, 2.75) is 12.8 Å². The Morgan fingerprint density at radius 3 is 2.89 bits per heavy atom. The maximum atomic E-state index is 11.0. The molecule has 4 heteroatoms. The molecule has 4 nitrogen and oxygen atoms in total. The van der Waals surface area contributed by atoms with Gasteiger partial charge >= 0.3 is 5.97 Å². The topological polar surface area (TPSA) is 57.6 Å². The van der Waals surface area contributed by atoms with Crippen LogP contribution in [0.2, 0.25) is 0 Å². The highest BCUT2D eigenvalue weighted by molar-refractivity contribution is 6.38. The summed E-state index contributed by atoms with van der Waals surface area (Å²) in [5.41, 5.74) is 3.32. The molecule has 0 aromatic heterocycles. The van der Waals surface area contributed by atoms with Crippen molar-refractivity contribution in [2.24, 2.45) is 0 Å². The molecule has 0 aliphatic carbocycles. The number of carbonyl (C=O) groups is 2. The summed E-state index contributed by atoms with van der Waals surface area (Å²) in [6.07, 6.45) is 4.78. The molecule has 0 bridgehead atoms. The van der Waals surface area contributed by atoms with Gasteiger partial charge in [-0.15, -0.1) is 0 Å². The summed E-state index contributed by atoms with van der Waals surface area (Å²) >= 11 is 0. The molecule has 0 saturated heterocycles. The summed E-state index contributed by atoms with van der Waals surface area (Å²) in [6, 6.07) is 5.92. The van der Waals surface area contributed by atoms with Gasteiger partial charge in [0.15, 0.2) is 0 Å². The van der Waals surface area contributed by atoms with Gasteiger partial charge in [-0.1, -0.05) is 12.1 Å². The van der Waals surface area contributed by atoms with E-state index >= 15 is 0 Å². The van der Waals surface area contributed by atoms with Crippen LogP contribution in [0.5, 0.6) is 0 Å². The Labute approximate surface area is 106 Å². The van der Waals surface area contributed by atoms with Crippen molar-refractivity contribution in [1.82, 2.24) is 0 Å². The molecule has 0 amide bonds.